The van der Waals surface area contributed by atoms with Gasteiger partial charge in [0, 0.05) is 0 Å². The number of hydrogen-bond acceptors (Lipinski definition) is 5. The van der Waals surface area contributed by atoms with Crippen LogP contribution in [-0.2, 0) is 9.53 Å². The van der Waals surface area contributed by atoms with Crippen LogP contribution in [-0.4, -0.2) is 24.6 Å². The van der Waals surface area contributed by atoms with E-state index in [1.165, 1.54) is 24.3 Å². The first-order chi connectivity index (χ1) is 11.5. The van der Waals surface area contributed by atoms with Crippen molar-refractivity contribution in [3.63, 3.8) is 0 Å². The minimum Gasteiger partial charge on any atom is -0.480 e. The standard InChI is InChI=1S/C18H17ClO5/c1-12(2)23-18(21)13-7-9-14(10-8-13)24-17(20)11-22-16-6-4-3-5-15(16)19/h3-10,12H,11H2,1-2H3. The van der Waals surface area contributed by atoms with Crippen molar-refractivity contribution in [2.75, 3.05) is 6.61 Å². The van der Waals surface area contributed by atoms with Crippen LogP contribution in [0.25, 0.3) is 0 Å². The summed E-state index contributed by atoms with van der Waals surface area (Å²) in [6.45, 7) is 3.26. The van der Waals surface area contributed by atoms with Gasteiger partial charge in [0.2, 0.25) is 0 Å². The van der Waals surface area contributed by atoms with Crippen LogP contribution in [0.1, 0.15) is 24.2 Å². The topological polar surface area (TPSA) is 61.8 Å². The molecule has 2 rings (SSSR count). The molecule has 2 aromatic rings. The van der Waals surface area contributed by atoms with E-state index in [1.807, 2.05) is 0 Å². The van der Waals surface area contributed by atoms with Gasteiger partial charge in [-0.15, -0.1) is 0 Å². The molecule has 0 saturated heterocycles. The molecule has 0 atom stereocenters. The number of rotatable bonds is 6. The average Bonchev–Trinajstić information content (AvgIpc) is 2.54. The van der Waals surface area contributed by atoms with Crippen LogP contribution >= 0.6 is 11.6 Å². The van der Waals surface area contributed by atoms with E-state index in [9.17, 15) is 9.59 Å². The lowest BCUT2D eigenvalue weighted by atomic mass is 10.2. The molecule has 0 radical (unpaired) electrons. The number of hydrogen-bond donors (Lipinski definition) is 0. The third-order valence-corrected chi connectivity index (χ3v) is 3.16. The summed E-state index contributed by atoms with van der Waals surface area (Å²) in [6, 6.07) is 12.9. The normalized spacial score (nSPS) is 10.3. The second kappa shape index (κ2) is 8.36. The van der Waals surface area contributed by atoms with Crippen LogP contribution in [0.15, 0.2) is 48.5 Å². The zero-order valence-corrected chi connectivity index (χ0v) is 14.1. The maximum absolute atomic E-state index is 11.8. The molecule has 6 heteroatoms. The Kier molecular flexibility index (Phi) is 6.21. The summed E-state index contributed by atoms with van der Waals surface area (Å²) in [5.41, 5.74) is 0.385. The van der Waals surface area contributed by atoms with Crippen LogP contribution in [0.5, 0.6) is 11.5 Å². The van der Waals surface area contributed by atoms with Gasteiger partial charge in [-0.2, -0.15) is 0 Å². The van der Waals surface area contributed by atoms with Crippen LogP contribution < -0.4 is 9.47 Å². The highest BCUT2D eigenvalue weighted by Crippen LogP contribution is 2.23. The van der Waals surface area contributed by atoms with Crippen molar-refractivity contribution < 1.29 is 23.8 Å². The maximum Gasteiger partial charge on any atom is 0.349 e. The Morgan fingerprint density at radius 3 is 2.33 bits per heavy atom. The van der Waals surface area contributed by atoms with Crippen LogP contribution in [0.4, 0.5) is 0 Å². The third-order valence-electron chi connectivity index (χ3n) is 2.85. The van der Waals surface area contributed by atoms with Crippen molar-refractivity contribution in [1.82, 2.24) is 0 Å². The van der Waals surface area contributed by atoms with Crippen LogP contribution in [0.3, 0.4) is 0 Å². The van der Waals surface area contributed by atoms with Gasteiger partial charge in [0.25, 0.3) is 0 Å². The molecule has 0 unspecified atom stereocenters. The largest absolute Gasteiger partial charge is 0.480 e. The second-order valence-electron chi connectivity index (χ2n) is 5.17. The summed E-state index contributed by atoms with van der Waals surface area (Å²) in [6.07, 6.45) is -0.197. The predicted molar refractivity (Wildman–Crippen MR) is 89.6 cm³/mol. The molecule has 2 aromatic carbocycles. The van der Waals surface area contributed by atoms with E-state index in [2.05, 4.69) is 0 Å². The van der Waals surface area contributed by atoms with E-state index in [4.69, 9.17) is 25.8 Å². The molecule has 0 heterocycles. The lowest BCUT2D eigenvalue weighted by molar-refractivity contribution is -0.136. The Balaban J connectivity index is 1.88. The summed E-state index contributed by atoms with van der Waals surface area (Å²) in [5.74, 6) is -0.288. The van der Waals surface area contributed by atoms with Crippen molar-refractivity contribution in [2.45, 2.75) is 20.0 Å². The zero-order chi connectivity index (χ0) is 17.5. The van der Waals surface area contributed by atoms with E-state index < -0.39 is 11.9 Å². The molecule has 0 amide bonds. The molecular weight excluding hydrogens is 332 g/mol. The summed E-state index contributed by atoms with van der Waals surface area (Å²) in [5, 5.41) is 0.415. The molecule has 0 saturated carbocycles. The summed E-state index contributed by atoms with van der Waals surface area (Å²) >= 11 is 5.93. The van der Waals surface area contributed by atoms with Crippen molar-refractivity contribution in [3.05, 3.63) is 59.1 Å². The van der Waals surface area contributed by atoms with Gasteiger partial charge in [0.15, 0.2) is 6.61 Å². The molecule has 24 heavy (non-hydrogen) atoms. The molecule has 5 nitrogen and oxygen atoms in total. The fourth-order valence-corrected chi connectivity index (χ4v) is 1.99. The van der Waals surface area contributed by atoms with Crippen LogP contribution in [0.2, 0.25) is 5.02 Å². The monoisotopic (exact) mass is 348 g/mol. The lowest BCUT2D eigenvalue weighted by Gasteiger charge is -2.09. The number of esters is 2. The molecule has 0 spiro atoms. The highest BCUT2D eigenvalue weighted by Gasteiger charge is 2.11. The number of halogens is 1. The highest BCUT2D eigenvalue weighted by molar-refractivity contribution is 6.32. The number of carbonyl (C=O) groups is 2. The molecule has 0 aliphatic heterocycles. The molecule has 0 N–H and O–H groups in total. The van der Waals surface area contributed by atoms with Crippen LogP contribution in [0, 0.1) is 0 Å². The lowest BCUT2D eigenvalue weighted by Crippen LogP contribution is -2.18. The SMILES string of the molecule is CC(C)OC(=O)c1ccc(OC(=O)COc2ccccc2Cl)cc1. The molecule has 0 bridgehead atoms. The Morgan fingerprint density at radius 2 is 1.71 bits per heavy atom. The minimum absolute atomic E-state index is 0.197. The third kappa shape index (κ3) is 5.28. The maximum atomic E-state index is 11.8. The van der Waals surface area contributed by atoms with Gasteiger partial charge >= 0.3 is 11.9 Å². The molecule has 0 aromatic heterocycles. The quantitative estimate of drug-likeness (QED) is 0.585. The number of para-hydroxylation sites is 1. The van der Waals surface area contributed by atoms with Gasteiger partial charge in [-0.1, -0.05) is 23.7 Å². The summed E-state index contributed by atoms with van der Waals surface area (Å²) < 4.78 is 15.5. The summed E-state index contributed by atoms with van der Waals surface area (Å²) in [4.78, 5) is 23.5. The van der Waals surface area contributed by atoms with E-state index >= 15 is 0 Å². The Hall–Kier alpha value is -2.53. The van der Waals surface area contributed by atoms with Crippen molar-refractivity contribution in [2.24, 2.45) is 0 Å². The highest BCUT2D eigenvalue weighted by atomic mass is 35.5. The van der Waals surface area contributed by atoms with Gasteiger partial charge < -0.3 is 14.2 Å². The molecule has 126 valence electrons. The predicted octanol–water partition coefficient (Wildman–Crippen LogP) is 3.89. The summed E-state index contributed by atoms with van der Waals surface area (Å²) in [7, 11) is 0. The van der Waals surface area contributed by atoms with E-state index in [-0.39, 0.29) is 12.7 Å². The van der Waals surface area contributed by atoms with E-state index in [0.717, 1.165) is 0 Å². The number of ether oxygens (including phenoxy) is 3. The van der Waals surface area contributed by atoms with Crippen molar-refractivity contribution in [1.29, 1.82) is 0 Å². The van der Waals surface area contributed by atoms with Gasteiger partial charge in [0.05, 0.1) is 16.7 Å². The first kappa shape index (κ1) is 17.8. The zero-order valence-electron chi connectivity index (χ0n) is 13.3. The van der Waals surface area contributed by atoms with Gasteiger partial charge in [0.1, 0.15) is 11.5 Å². The smallest absolute Gasteiger partial charge is 0.349 e. The number of benzene rings is 2. The fraction of sp³-hybridized carbons (Fsp3) is 0.222. The fourth-order valence-electron chi connectivity index (χ4n) is 1.80. The van der Waals surface area contributed by atoms with Crippen molar-refractivity contribution in [3.8, 4) is 11.5 Å². The first-order valence-electron chi connectivity index (χ1n) is 7.35. The van der Waals surface area contributed by atoms with Gasteiger partial charge in [-0.3, -0.25) is 0 Å². The van der Waals surface area contributed by atoms with E-state index in [0.29, 0.717) is 22.1 Å². The van der Waals surface area contributed by atoms with Gasteiger partial charge in [-0.25, -0.2) is 9.59 Å². The number of carbonyl (C=O) groups excluding carboxylic acids is 2. The molecule has 0 fully saturated rings. The van der Waals surface area contributed by atoms with Crippen molar-refractivity contribution >= 4 is 23.5 Å². The Bertz CT molecular complexity index is 710. The van der Waals surface area contributed by atoms with Gasteiger partial charge in [-0.05, 0) is 50.2 Å². The van der Waals surface area contributed by atoms with E-state index in [1.54, 1.807) is 38.1 Å². The molecule has 0 aliphatic carbocycles. The Morgan fingerprint density at radius 1 is 1.04 bits per heavy atom. The first-order valence-corrected chi connectivity index (χ1v) is 7.72. The Labute approximate surface area is 145 Å². The minimum atomic E-state index is -0.576. The molecular formula is C18H17ClO5. The molecule has 0 aliphatic rings. The second-order valence-corrected chi connectivity index (χ2v) is 5.58. The average molecular weight is 349 g/mol.